The van der Waals surface area contributed by atoms with Gasteiger partial charge in [-0.05, 0) is 50.7 Å². The van der Waals surface area contributed by atoms with Gasteiger partial charge in [-0.2, -0.15) is 0 Å². The predicted octanol–water partition coefficient (Wildman–Crippen LogP) is 3.54. The number of likely N-dealkylation sites (tertiary alicyclic amines) is 1. The Kier molecular flexibility index (Phi) is 5.54. The van der Waals surface area contributed by atoms with Gasteiger partial charge in [-0.1, -0.05) is 33.6 Å². The van der Waals surface area contributed by atoms with Gasteiger partial charge in [-0.15, -0.1) is 0 Å². The molecule has 1 heteroatoms. The van der Waals surface area contributed by atoms with Crippen LogP contribution in [0.1, 0.15) is 52.9 Å². The van der Waals surface area contributed by atoms with Gasteiger partial charge < -0.3 is 4.90 Å². The van der Waals surface area contributed by atoms with E-state index in [1.165, 1.54) is 51.7 Å². The third-order valence-corrected chi connectivity index (χ3v) is 3.43. The highest BCUT2D eigenvalue weighted by molar-refractivity contribution is 4.72. The van der Waals surface area contributed by atoms with E-state index in [2.05, 4.69) is 25.7 Å². The number of hydrogen-bond donors (Lipinski definition) is 0. The van der Waals surface area contributed by atoms with Crippen molar-refractivity contribution in [1.29, 1.82) is 0 Å². The summed E-state index contributed by atoms with van der Waals surface area (Å²) in [4.78, 5) is 2.66. The third-order valence-electron chi connectivity index (χ3n) is 3.43. The van der Waals surface area contributed by atoms with E-state index in [-0.39, 0.29) is 0 Å². The Morgan fingerprint density at radius 3 is 2.36 bits per heavy atom. The number of rotatable bonds is 5. The second-order valence-electron chi connectivity index (χ2n) is 5.26. The van der Waals surface area contributed by atoms with Gasteiger partial charge in [0.25, 0.3) is 0 Å². The first-order chi connectivity index (χ1) is 6.72. The lowest BCUT2D eigenvalue weighted by molar-refractivity contribution is 0.171. The normalized spacial score (nSPS) is 20.6. The summed E-state index contributed by atoms with van der Waals surface area (Å²) in [5.74, 6) is 1.90. The lowest BCUT2D eigenvalue weighted by Crippen LogP contribution is -2.34. The van der Waals surface area contributed by atoms with Gasteiger partial charge in [0.05, 0.1) is 0 Å². The molecule has 0 unspecified atom stereocenters. The standard InChI is InChI=1S/C13H27N/c1-4-5-13-7-10-14(11-8-13)9-6-12(2)3/h12-13H,4-11H2,1-3H3. The smallest absolute Gasteiger partial charge is 0.00161 e. The molecule has 0 radical (unpaired) electrons. The highest BCUT2D eigenvalue weighted by Gasteiger charge is 2.17. The van der Waals surface area contributed by atoms with Crippen molar-refractivity contribution in [3.63, 3.8) is 0 Å². The van der Waals surface area contributed by atoms with Crippen molar-refractivity contribution in [2.75, 3.05) is 19.6 Å². The fraction of sp³-hybridized carbons (Fsp3) is 1.00. The van der Waals surface area contributed by atoms with E-state index in [0.29, 0.717) is 0 Å². The summed E-state index contributed by atoms with van der Waals surface area (Å²) in [6, 6.07) is 0. The quantitative estimate of drug-likeness (QED) is 0.651. The summed E-state index contributed by atoms with van der Waals surface area (Å²) < 4.78 is 0. The van der Waals surface area contributed by atoms with Gasteiger partial charge >= 0.3 is 0 Å². The van der Waals surface area contributed by atoms with Crippen LogP contribution >= 0.6 is 0 Å². The SMILES string of the molecule is CCCC1CCN(CCC(C)C)CC1. The second-order valence-corrected chi connectivity index (χ2v) is 5.26. The van der Waals surface area contributed by atoms with Gasteiger partial charge in [0.1, 0.15) is 0 Å². The first-order valence-electron chi connectivity index (χ1n) is 6.44. The molecular weight excluding hydrogens is 170 g/mol. The number of nitrogens with zero attached hydrogens (tertiary/aromatic N) is 1. The molecule has 1 aliphatic rings. The Balaban J connectivity index is 2.09. The molecule has 0 N–H and O–H groups in total. The van der Waals surface area contributed by atoms with Gasteiger partial charge in [-0.3, -0.25) is 0 Å². The Hall–Kier alpha value is -0.0400. The summed E-state index contributed by atoms with van der Waals surface area (Å²) in [6.07, 6.45) is 7.10. The van der Waals surface area contributed by atoms with Gasteiger partial charge in [0.2, 0.25) is 0 Å². The largest absolute Gasteiger partial charge is 0.303 e. The Labute approximate surface area is 89.9 Å². The van der Waals surface area contributed by atoms with Crippen LogP contribution in [0, 0.1) is 11.8 Å². The average molecular weight is 197 g/mol. The second kappa shape index (κ2) is 6.44. The van der Waals surface area contributed by atoms with E-state index in [0.717, 1.165) is 11.8 Å². The molecule has 1 nitrogen and oxygen atoms in total. The maximum atomic E-state index is 2.66. The highest BCUT2D eigenvalue weighted by Crippen LogP contribution is 2.21. The molecule has 0 aromatic rings. The summed E-state index contributed by atoms with van der Waals surface area (Å²) >= 11 is 0. The molecule has 0 amide bonds. The van der Waals surface area contributed by atoms with E-state index in [4.69, 9.17) is 0 Å². The van der Waals surface area contributed by atoms with Crippen LogP contribution in [0.4, 0.5) is 0 Å². The Morgan fingerprint density at radius 1 is 1.21 bits per heavy atom. The lowest BCUT2D eigenvalue weighted by atomic mass is 9.92. The van der Waals surface area contributed by atoms with E-state index < -0.39 is 0 Å². The molecule has 14 heavy (non-hydrogen) atoms. The molecule has 0 bridgehead atoms. The molecule has 0 spiro atoms. The minimum Gasteiger partial charge on any atom is -0.303 e. The molecule has 1 heterocycles. The van der Waals surface area contributed by atoms with Crippen LogP contribution in [0.15, 0.2) is 0 Å². The predicted molar refractivity (Wildman–Crippen MR) is 63.5 cm³/mol. The zero-order valence-electron chi connectivity index (χ0n) is 10.3. The van der Waals surface area contributed by atoms with E-state index in [1.807, 2.05) is 0 Å². The molecular formula is C13H27N. The average Bonchev–Trinajstić information content (AvgIpc) is 2.17. The molecule has 0 aromatic heterocycles. The van der Waals surface area contributed by atoms with Crippen molar-refractivity contribution in [2.24, 2.45) is 11.8 Å². The van der Waals surface area contributed by atoms with Gasteiger partial charge in [-0.25, -0.2) is 0 Å². The van der Waals surface area contributed by atoms with Crippen molar-refractivity contribution in [3.05, 3.63) is 0 Å². The fourth-order valence-corrected chi connectivity index (χ4v) is 2.35. The number of hydrogen-bond acceptors (Lipinski definition) is 1. The summed E-state index contributed by atoms with van der Waals surface area (Å²) in [7, 11) is 0. The molecule has 0 saturated carbocycles. The van der Waals surface area contributed by atoms with E-state index in [1.54, 1.807) is 0 Å². The number of piperidine rings is 1. The van der Waals surface area contributed by atoms with Crippen molar-refractivity contribution >= 4 is 0 Å². The summed E-state index contributed by atoms with van der Waals surface area (Å²) in [5.41, 5.74) is 0. The topological polar surface area (TPSA) is 3.24 Å². The Bertz CT molecular complexity index is 134. The van der Waals surface area contributed by atoms with Gasteiger partial charge in [0, 0.05) is 0 Å². The van der Waals surface area contributed by atoms with Crippen LogP contribution in [-0.4, -0.2) is 24.5 Å². The van der Waals surface area contributed by atoms with Crippen LogP contribution in [0.5, 0.6) is 0 Å². The zero-order chi connectivity index (χ0) is 10.4. The van der Waals surface area contributed by atoms with Crippen LogP contribution in [0.2, 0.25) is 0 Å². The Morgan fingerprint density at radius 2 is 1.86 bits per heavy atom. The zero-order valence-corrected chi connectivity index (χ0v) is 10.3. The lowest BCUT2D eigenvalue weighted by Gasteiger charge is -2.32. The maximum Gasteiger partial charge on any atom is -0.00161 e. The molecule has 84 valence electrons. The van der Waals surface area contributed by atoms with Crippen molar-refractivity contribution in [2.45, 2.75) is 52.9 Å². The summed E-state index contributed by atoms with van der Waals surface area (Å²) in [6.45, 7) is 11.0. The van der Waals surface area contributed by atoms with E-state index in [9.17, 15) is 0 Å². The molecule has 0 aliphatic carbocycles. The molecule has 0 atom stereocenters. The highest BCUT2D eigenvalue weighted by atomic mass is 15.1. The molecule has 0 aromatic carbocycles. The van der Waals surface area contributed by atoms with Crippen molar-refractivity contribution in [3.8, 4) is 0 Å². The molecule has 1 fully saturated rings. The van der Waals surface area contributed by atoms with Crippen molar-refractivity contribution in [1.82, 2.24) is 4.90 Å². The first-order valence-corrected chi connectivity index (χ1v) is 6.44. The minimum atomic E-state index is 0.864. The molecule has 1 rings (SSSR count). The molecule has 1 aliphatic heterocycles. The van der Waals surface area contributed by atoms with Gasteiger partial charge in [0.15, 0.2) is 0 Å². The van der Waals surface area contributed by atoms with Crippen LogP contribution in [0.3, 0.4) is 0 Å². The molecule has 1 saturated heterocycles. The first kappa shape index (κ1) is 12.0. The van der Waals surface area contributed by atoms with Crippen LogP contribution in [-0.2, 0) is 0 Å². The van der Waals surface area contributed by atoms with Crippen LogP contribution < -0.4 is 0 Å². The van der Waals surface area contributed by atoms with Crippen molar-refractivity contribution < 1.29 is 0 Å². The monoisotopic (exact) mass is 197 g/mol. The van der Waals surface area contributed by atoms with Crippen LogP contribution in [0.25, 0.3) is 0 Å². The third kappa shape index (κ3) is 4.45. The summed E-state index contributed by atoms with van der Waals surface area (Å²) in [5, 5.41) is 0. The fourth-order valence-electron chi connectivity index (χ4n) is 2.35. The van der Waals surface area contributed by atoms with E-state index >= 15 is 0 Å². The maximum absolute atomic E-state index is 2.66. The minimum absolute atomic E-state index is 0.864.